The normalized spacial score (nSPS) is 12.1. The zero-order valence-electron chi connectivity index (χ0n) is 9.60. The number of carbonyl (C=O) groups excluding carboxylic acids is 1. The first-order valence-corrected chi connectivity index (χ1v) is 6.15. The van der Waals surface area contributed by atoms with Gasteiger partial charge < -0.3 is 10.5 Å². The largest absolute Gasteiger partial charge is 0.468 e. The number of anilines is 1. The second-order valence-electron chi connectivity index (χ2n) is 3.49. The first-order valence-electron chi connectivity index (χ1n) is 5.27. The Kier molecular flexibility index (Phi) is 5.19. The molecule has 0 radical (unpaired) electrons. The van der Waals surface area contributed by atoms with E-state index in [2.05, 4.69) is 6.92 Å². The molecule has 1 atom stereocenters. The maximum Gasteiger partial charge on any atom is 0.319 e. The van der Waals surface area contributed by atoms with Gasteiger partial charge in [0.15, 0.2) is 0 Å². The maximum atomic E-state index is 11.5. The average Bonchev–Trinajstić information content (AvgIpc) is 2.30. The van der Waals surface area contributed by atoms with Crippen LogP contribution in [0, 0.1) is 0 Å². The molecule has 4 heteroatoms. The summed E-state index contributed by atoms with van der Waals surface area (Å²) in [5.41, 5.74) is 6.33. The van der Waals surface area contributed by atoms with Gasteiger partial charge in [0.25, 0.3) is 0 Å². The standard InChI is InChI=1S/C12H17NO2S/c1-3-4-11(12(14)15-2)16-10-7-5-9(13)6-8-10/h5-8,11H,3-4,13H2,1-2H3. The molecule has 0 spiro atoms. The number of thioether (sulfide) groups is 1. The Morgan fingerprint density at radius 1 is 1.44 bits per heavy atom. The van der Waals surface area contributed by atoms with Gasteiger partial charge in [-0.15, -0.1) is 11.8 Å². The summed E-state index contributed by atoms with van der Waals surface area (Å²) in [7, 11) is 1.43. The van der Waals surface area contributed by atoms with Crippen molar-refractivity contribution in [3.8, 4) is 0 Å². The van der Waals surface area contributed by atoms with Crippen LogP contribution in [0.5, 0.6) is 0 Å². The van der Waals surface area contributed by atoms with Gasteiger partial charge in [0, 0.05) is 10.6 Å². The second-order valence-corrected chi connectivity index (χ2v) is 4.76. The lowest BCUT2D eigenvalue weighted by Gasteiger charge is -2.13. The highest BCUT2D eigenvalue weighted by atomic mass is 32.2. The molecule has 0 aliphatic heterocycles. The summed E-state index contributed by atoms with van der Waals surface area (Å²) in [6, 6.07) is 7.52. The van der Waals surface area contributed by atoms with Crippen LogP contribution < -0.4 is 5.73 Å². The van der Waals surface area contributed by atoms with E-state index in [0.717, 1.165) is 23.4 Å². The number of nitrogen functional groups attached to an aromatic ring is 1. The van der Waals surface area contributed by atoms with Crippen molar-refractivity contribution in [3.63, 3.8) is 0 Å². The van der Waals surface area contributed by atoms with Gasteiger partial charge in [-0.3, -0.25) is 4.79 Å². The van der Waals surface area contributed by atoms with Crippen molar-refractivity contribution in [1.29, 1.82) is 0 Å². The number of nitrogens with two attached hydrogens (primary N) is 1. The summed E-state index contributed by atoms with van der Waals surface area (Å²) in [6.45, 7) is 2.06. The first kappa shape index (κ1) is 12.9. The number of benzene rings is 1. The van der Waals surface area contributed by atoms with Crippen LogP contribution in [-0.4, -0.2) is 18.3 Å². The summed E-state index contributed by atoms with van der Waals surface area (Å²) in [5, 5.41) is -0.126. The van der Waals surface area contributed by atoms with Gasteiger partial charge in [0.2, 0.25) is 0 Å². The van der Waals surface area contributed by atoms with Gasteiger partial charge in [-0.05, 0) is 30.7 Å². The predicted octanol–water partition coefficient (Wildman–Crippen LogP) is 2.70. The fourth-order valence-corrected chi connectivity index (χ4v) is 2.50. The summed E-state index contributed by atoms with van der Waals surface area (Å²) < 4.78 is 4.78. The van der Waals surface area contributed by atoms with Crippen molar-refractivity contribution in [2.45, 2.75) is 29.9 Å². The SMILES string of the molecule is CCCC(Sc1ccc(N)cc1)C(=O)OC. The molecule has 16 heavy (non-hydrogen) atoms. The van der Waals surface area contributed by atoms with E-state index in [4.69, 9.17) is 10.5 Å². The van der Waals surface area contributed by atoms with Crippen molar-refractivity contribution < 1.29 is 9.53 Å². The number of rotatable bonds is 5. The van der Waals surface area contributed by atoms with Gasteiger partial charge in [-0.25, -0.2) is 0 Å². The van der Waals surface area contributed by atoms with E-state index < -0.39 is 0 Å². The molecule has 88 valence electrons. The molecule has 1 aromatic carbocycles. The predicted molar refractivity (Wildman–Crippen MR) is 67.4 cm³/mol. The number of carbonyl (C=O) groups is 1. The Labute approximate surface area is 100 Å². The summed E-state index contributed by atoms with van der Waals surface area (Å²) in [6.07, 6.45) is 1.78. The molecule has 1 unspecified atom stereocenters. The number of hydrogen-bond donors (Lipinski definition) is 1. The first-order chi connectivity index (χ1) is 7.67. The quantitative estimate of drug-likeness (QED) is 0.487. The fraction of sp³-hybridized carbons (Fsp3) is 0.417. The van der Waals surface area contributed by atoms with Crippen LogP contribution in [0.4, 0.5) is 5.69 Å². The highest BCUT2D eigenvalue weighted by molar-refractivity contribution is 8.00. The van der Waals surface area contributed by atoms with E-state index in [1.165, 1.54) is 18.9 Å². The van der Waals surface area contributed by atoms with Gasteiger partial charge in [-0.2, -0.15) is 0 Å². The molecule has 3 nitrogen and oxygen atoms in total. The fourth-order valence-electron chi connectivity index (χ4n) is 1.33. The molecule has 0 amide bonds. The molecule has 0 fully saturated rings. The van der Waals surface area contributed by atoms with Crippen molar-refractivity contribution >= 4 is 23.4 Å². The summed E-state index contributed by atoms with van der Waals surface area (Å²) >= 11 is 1.52. The van der Waals surface area contributed by atoms with Gasteiger partial charge in [0.1, 0.15) is 5.25 Å². The zero-order valence-corrected chi connectivity index (χ0v) is 10.4. The Morgan fingerprint density at radius 2 is 2.06 bits per heavy atom. The molecule has 0 heterocycles. The van der Waals surface area contributed by atoms with Crippen LogP contribution in [-0.2, 0) is 9.53 Å². The molecule has 0 saturated heterocycles. The van der Waals surface area contributed by atoms with E-state index in [1.54, 1.807) is 0 Å². The molecule has 0 aliphatic carbocycles. The molecular weight excluding hydrogens is 222 g/mol. The Balaban J connectivity index is 2.67. The Bertz CT molecular complexity index is 337. The third-order valence-corrected chi connectivity index (χ3v) is 3.43. The van der Waals surface area contributed by atoms with E-state index in [-0.39, 0.29) is 11.2 Å². The summed E-state index contributed by atoms with van der Waals surface area (Å²) in [4.78, 5) is 12.5. The van der Waals surface area contributed by atoms with E-state index >= 15 is 0 Å². The summed E-state index contributed by atoms with van der Waals surface area (Å²) in [5.74, 6) is -0.163. The monoisotopic (exact) mass is 239 g/mol. The number of ether oxygens (including phenoxy) is 1. The van der Waals surface area contributed by atoms with Gasteiger partial charge >= 0.3 is 5.97 Å². The average molecular weight is 239 g/mol. The van der Waals surface area contributed by atoms with E-state index in [0.29, 0.717) is 0 Å². The lowest BCUT2D eigenvalue weighted by Crippen LogP contribution is -2.18. The molecule has 2 N–H and O–H groups in total. The highest BCUT2D eigenvalue weighted by Gasteiger charge is 2.19. The van der Waals surface area contributed by atoms with Crippen LogP contribution in [0.15, 0.2) is 29.2 Å². The number of hydrogen-bond acceptors (Lipinski definition) is 4. The Morgan fingerprint density at radius 3 is 2.56 bits per heavy atom. The van der Waals surface area contributed by atoms with E-state index in [9.17, 15) is 4.79 Å². The van der Waals surface area contributed by atoms with Crippen molar-refractivity contribution in [3.05, 3.63) is 24.3 Å². The van der Waals surface area contributed by atoms with Gasteiger partial charge in [-0.1, -0.05) is 13.3 Å². The third kappa shape index (κ3) is 3.77. The second kappa shape index (κ2) is 6.43. The van der Waals surface area contributed by atoms with Crippen molar-refractivity contribution in [2.24, 2.45) is 0 Å². The van der Waals surface area contributed by atoms with Crippen LogP contribution in [0.2, 0.25) is 0 Å². The maximum absolute atomic E-state index is 11.5. The minimum atomic E-state index is -0.163. The lowest BCUT2D eigenvalue weighted by molar-refractivity contribution is -0.140. The van der Waals surface area contributed by atoms with Crippen molar-refractivity contribution in [1.82, 2.24) is 0 Å². The minimum Gasteiger partial charge on any atom is -0.468 e. The van der Waals surface area contributed by atoms with Crippen LogP contribution >= 0.6 is 11.8 Å². The lowest BCUT2D eigenvalue weighted by atomic mass is 10.2. The highest BCUT2D eigenvalue weighted by Crippen LogP contribution is 2.27. The topological polar surface area (TPSA) is 52.3 Å². The number of esters is 1. The van der Waals surface area contributed by atoms with Crippen LogP contribution in [0.1, 0.15) is 19.8 Å². The zero-order chi connectivity index (χ0) is 12.0. The molecular formula is C12H17NO2S. The number of methoxy groups -OCH3 is 1. The van der Waals surface area contributed by atoms with Crippen molar-refractivity contribution in [2.75, 3.05) is 12.8 Å². The smallest absolute Gasteiger partial charge is 0.319 e. The van der Waals surface area contributed by atoms with Crippen LogP contribution in [0.3, 0.4) is 0 Å². The van der Waals surface area contributed by atoms with E-state index in [1.807, 2.05) is 24.3 Å². The molecule has 1 aromatic rings. The molecule has 0 aliphatic rings. The van der Waals surface area contributed by atoms with Gasteiger partial charge in [0.05, 0.1) is 7.11 Å². The molecule has 0 bridgehead atoms. The van der Waals surface area contributed by atoms with Crippen LogP contribution in [0.25, 0.3) is 0 Å². The Hall–Kier alpha value is -1.16. The minimum absolute atomic E-state index is 0.126. The third-order valence-electron chi connectivity index (χ3n) is 2.17. The molecule has 0 aromatic heterocycles. The molecule has 0 saturated carbocycles. The molecule has 1 rings (SSSR count).